The van der Waals surface area contributed by atoms with Crippen LogP contribution in [-0.2, 0) is 6.18 Å². The quantitative estimate of drug-likeness (QED) is 0.737. The highest BCUT2D eigenvalue weighted by Crippen LogP contribution is 2.40. The lowest BCUT2D eigenvalue weighted by Crippen LogP contribution is -2.26. The van der Waals surface area contributed by atoms with Gasteiger partial charge in [0.2, 0.25) is 0 Å². The van der Waals surface area contributed by atoms with Gasteiger partial charge in [0, 0.05) is 16.2 Å². The van der Waals surface area contributed by atoms with Crippen molar-refractivity contribution in [2.75, 3.05) is 5.32 Å². The number of halogens is 4. The summed E-state index contributed by atoms with van der Waals surface area (Å²) in [6.07, 6.45) is -1.22. The molecule has 0 aliphatic heterocycles. The molecule has 5 heteroatoms. The smallest absolute Gasteiger partial charge is 0.382 e. The van der Waals surface area contributed by atoms with Gasteiger partial charge in [0.25, 0.3) is 0 Å². The molecule has 3 atom stereocenters. The predicted octanol–water partition coefficient (Wildman–Crippen LogP) is 5.70. The van der Waals surface area contributed by atoms with E-state index < -0.39 is 11.7 Å². The van der Waals surface area contributed by atoms with Gasteiger partial charge < -0.3 is 5.32 Å². The largest absolute Gasteiger partial charge is 0.418 e. The molecule has 3 unspecified atom stereocenters. The lowest BCUT2D eigenvalue weighted by Gasteiger charge is -2.24. The number of alkyl halides is 3. The Labute approximate surface area is 126 Å². The molecule has 1 saturated carbocycles. The minimum Gasteiger partial charge on any atom is -0.382 e. The fourth-order valence-corrected chi connectivity index (χ4v) is 3.47. The van der Waals surface area contributed by atoms with E-state index in [1.165, 1.54) is 12.1 Å². The maximum Gasteiger partial charge on any atom is 0.418 e. The van der Waals surface area contributed by atoms with Crippen LogP contribution in [0, 0.1) is 11.8 Å². The number of anilines is 1. The van der Waals surface area contributed by atoms with Crippen molar-refractivity contribution in [1.82, 2.24) is 0 Å². The third-order valence-electron chi connectivity index (χ3n) is 4.38. The molecular weight excluding hydrogens is 331 g/mol. The highest BCUT2D eigenvalue weighted by molar-refractivity contribution is 9.10. The summed E-state index contributed by atoms with van der Waals surface area (Å²) < 4.78 is 39.8. The Morgan fingerprint density at radius 2 is 2.00 bits per heavy atom. The van der Waals surface area contributed by atoms with Crippen molar-refractivity contribution in [3.05, 3.63) is 28.2 Å². The molecule has 0 amide bonds. The van der Waals surface area contributed by atoms with Gasteiger partial charge >= 0.3 is 6.18 Å². The van der Waals surface area contributed by atoms with Gasteiger partial charge in [-0.2, -0.15) is 13.2 Å². The molecule has 1 aromatic rings. The summed E-state index contributed by atoms with van der Waals surface area (Å²) in [6, 6.07) is 4.20. The molecular formula is C15H19BrF3N. The topological polar surface area (TPSA) is 12.0 Å². The number of nitrogens with one attached hydrogen (secondary N) is 1. The average Bonchev–Trinajstić information content (AvgIpc) is 2.69. The summed E-state index contributed by atoms with van der Waals surface area (Å²) in [6.45, 7) is 4.27. The van der Waals surface area contributed by atoms with Crippen LogP contribution >= 0.6 is 15.9 Å². The fourth-order valence-electron chi connectivity index (χ4n) is 3.11. The summed E-state index contributed by atoms with van der Waals surface area (Å²) in [5.74, 6) is 1.01. The molecule has 1 N–H and O–H groups in total. The van der Waals surface area contributed by atoms with Crippen LogP contribution < -0.4 is 5.32 Å². The van der Waals surface area contributed by atoms with Crippen LogP contribution in [0.2, 0.25) is 0 Å². The van der Waals surface area contributed by atoms with Gasteiger partial charge in [-0.25, -0.2) is 0 Å². The molecule has 1 nitrogen and oxygen atoms in total. The zero-order chi connectivity index (χ0) is 14.9. The Kier molecular flexibility index (Phi) is 4.67. The molecule has 112 valence electrons. The third kappa shape index (κ3) is 3.30. The van der Waals surface area contributed by atoms with Crippen molar-refractivity contribution >= 4 is 21.6 Å². The first-order valence-corrected chi connectivity index (χ1v) is 7.75. The summed E-state index contributed by atoms with van der Waals surface area (Å²) >= 11 is 3.25. The normalized spacial score (nSPS) is 26.8. The highest BCUT2D eigenvalue weighted by Gasteiger charge is 2.36. The summed E-state index contributed by atoms with van der Waals surface area (Å²) in [5, 5.41) is 3.12. The van der Waals surface area contributed by atoms with E-state index in [4.69, 9.17) is 0 Å². The van der Waals surface area contributed by atoms with Gasteiger partial charge in [-0.15, -0.1) is 0 Å². The van der Waals surface area contributed by atoms with Crippen LogP contribution in [0.5, 0.6) is 0 Å². The SMILES string of the molecule is CCC1CCC(Nc2cc(Br)ccc2C(F)(F)F)C1C. The van der Waals surface area contributed by atoms with Crippen LogP contribution in [0.3, 0.4) is 0 Å². The van der Waals surface area contributed by atoms with Crippen LogP contribution in [-0.4, -0.2) is 6.04 Å². The van der Waals surface area contributed by atoms with E-state index in [0.717, 1.165) is 25.3 Å². The van der Waals surface area contributed by atoms with Crippen LogP contribution in [0.25, 0.3) is 0 Å². The van der Waals surface area contributed by atoms with E-state index in [1.54, 1.807) is 0 Å². The number of hydrogen-bond acceptors (Lipinski definition) is 1. The van der Waals surface area contributed by atoms with E-state index in [-0.39, 0.29) is 11.7 Å². The maximum absolute atomic E-state index is 13.0. The number of hydrogen-bond donors (Lipinski definition) is 1. The molecule has 0 heterocycles. The third-order valence-corrected chi connectivity index (χ3v) is 4.87. The highest BCUT2D eigenvalue weighted by atomic mass is 79.9. The second-order valence-corrected chi connectivity index (χ2v) is 6.46. The molecule has 0 aromatic heterocycles. The molecule has 0 spiro atoms. The first-order chi connectivity index (χ1) is 9.32. The molecule has 0 saturated heterocycles. The standard InChI is InChI=1S/C15H19BrF3N/c1-3-10-4-7-13(9(10)2)20-14-8-11(16)5-6-12(14)15(17,18)19/h5-6,8-10,13,20H,3-4,7H2,1-2H3. The van der Waals surface area contributed by atoms with E-state index in [0.29, 0.717) is 16.3 Å². The Bertz CT molecular complexity index is 473. The zero-order valence-electron chi connectivity index (χ0n) is 11.6. The molecule has 2 rings (SSSR count). The van der Waals surface area contributed by atoms with Crippen molar-refractivity contribution in [1.29, 1.82) is 0 Å². The van der Waals surface area contributed by atoms with E-state index in [9.17, 15) is 13.2 Å². The second kappa shape index (κ2) is 5.96. The van der Waals surface area contributed by atoms with Gasteiger partial charge in [-0.3, -0.25) is 0 Å². The van der Waals surface area contributed by atoms with E-state index >= 15 is 0 Å². The molecule has 1 fully saturated rings. The summed E-state index contributed by atoms with van der Waals surface area (Å²) in [5.41, 5.74) is -0.409. The Balaban J connectivity index is 2.23. The molecule has 1 aliphatic carbocycles. The van der Waals surface area contributed by atoms with Crippen LogP contribution in [0.1, 0.15) is 38.7 Å². The van der Waals surface area contributed by atoms with Gasteiger partial charge in [0.1, 0.15) is 0 Å². The minimum absolute atomic E-state index is 0.121. The zero-order valence-corrected chi connectivity index (χ0v) is 13.2. The van der Waals surface area contributed by atoms with Crippen molar-refractivity contribution in [2.45, 2.75) is 45.3 Å². The summed E-state index contributed by atoms with van der Waals surface area (Å²) in [4.78, 5) is 0. The predicted molar refractivity (Wildman–Crippen MR) is 78.7 cm³/mol. The van der Waals surface area contributed by atoms with Crippen molar-refractivity contribution in [2.24, 2.45) is 11.8 Å². The van der Waals surface area contributed by atoms with E-state index in [2.05, 4.69) is 35.1 Å². The lowest BCUT2D eigenvalue weighted by atomic mass is 9.93. The van der Waals surface area contributed by atoms with Gasteiger partial charge in [-0.1, -0.05) is 36.2 Å². The average molecular weight is 350 g/mol. The van der Waals surface area contributed by atoms with Crippen LogP contribution in [0.4, 0.5) is 18.9 Å². The Morgan fingerprint density at radius 3 is 2.55 bits per heavy atom. The second-order valence-electron chi connectivity index (χ2n) is 5.54. The van der Waals surface area contributed by atoms with Gasteiger partial charge in [-0.05, 0) is 42.9 Å². The Morgan fingerprint density at radius 1 is 1.30 bits per heavy atom. The molecule has 20 heavy (non-hydrogen) atoms. The minimum atomic E-state index is -4.32. The fraction of sp³-hybridized carbons (Fsp3) is 0.600. The maximum atomic E-state index is 13.0. The number of rotatable bonds is 3. The molecule has 0 bridgehead atoms. The lowest BCUT2D eigenvalue weighted by molar-refractivity contribution is -0.137. The van der Waals surface area contributed by atoms with Gasteiger partial charge in [0.15, 0.2) is 0 Å². The summed E-state index contributed by atoms with van der Waals surface area (Å²) in [7, 11) is 0. The first kappa shape index (κ1) is 15.7. The molecule has 1 aromatic carbocycles. The van der Waals surface area contributed by atoms with Crippen LogP contribution in [0.15, 0.2) is 22.7 Å². The van der Waals surface area contributed by atoms with Crippen molar-refractivity contribution in [3.63, 3.8) is 0 Å². The Hall–Kier alpha value is -0.710. The van der Waals surface area contributed by atoms with Crippen molar-refractivity contribution < 1.29 is 13.2 Å². The number of benzene rings is 1. The first-order valence-electron chi connectivity index (χ1n) is 6.96. The molecule has 1 aliphatic rings. The van der Waals surface area contributed by atoms with E-state index in [1.807, 2.05) is 0 Å². The monoisotopic (exact) mass is 349 g/mol. The van der Waals surface area contributed by atoms with Gasteiger partial charge in [0.05, 0.1) is 5.56 Å². The molecule has 0 radical (unpaired) electrons. The van der Waals surface area contributed by atoms with Crippen molar-refractivity contribution in [3.8, 4) is 0 Å².